The summed E-state index contributed by atoms with van der Waals surface area (Å²) in [6.45, 7) is 0.527. The van der Waals surface area contributed by atoms with Gasteiger partial charge in [0.05, 0.1) is 26.4 Å². The van der Waals surface area contributed by atoms with Crippen LogP contribution in [0.4, 0.5) is 4.39 Å². The highest BCUT2D eigenvalue weighted by molar-refractivity contribution is 5.28. The molecular formula is C11H16FNO3. The van der Waals surface area contributed by atoms with E-state index in [1.807, 2.05) is 0 Å². The fourth-order valence-electron chi connectivity index (χ4n) is 1.18. The summed E-state index contributed by atoms with van der Waals surface area (Å²) in [6, 6.07) is 4.58. The molecule has 4 nitrogen and oxygen atoms in total. The van der Waals surface area contributed by atoms with Crippen LogP contribution < -0.4 is 10.5 Å². The van der Waals surface area contributed by atoms with Gasteiger partial charge in [0.25, 0.3) is 0 Å². The zero-order chi connectivity index (χ0) is 12.0. The maximum atomic E-state index is 13.3. The van der Waals surface area contributed by atoms with Crippen molar-refractivity contribution >= 4 is 0 Å². The average Bonchev–Trinajstić information content (AvgIpc) is 2.29. The lowest BCUT2D eigenvalue weighted by Gasteiger charge is -2.09. The molecule has 1 unspecified atom stereocenters. The molecule has 0 heterocycles. The van der Waals surface area contributed by atoms with Gasteiger partial charge in [-0.1, -0.05) is 6.07 Å². The minimum absolute atomic E-state index is 0.143. The quantitative estimate of drug-likeness (QED) is 0.752. The van der Waals surface area contributed by atoms with Crippen molar-refractivity contribution in [3.63, 3.8) is 0 Å². The molecule has 0 aliphatic carbocycles. The number of methoxy groups -OCH3 is 1. The van der Waals surface area contributed by atoms with Crippen LogP contribution in [0.25, 0.3) is 0 Å². The lowest BCUT2D eigenvalue weighted by molar-refractivity contribution is 0.0328. The predicted octanol–water partition coefficient (Wildman–Crippen LogP) is 0.671. The molecule has 90 valence electrons. The van der Waals surface area contributed by atoms with Gasteiger partial charge in [-0.25, -0.2) is 4.39 Å². The van der Waals surface area contributed by atoms with E-state index >= 15 is 0 Å². The molecule has 16 heavy (non-hydrogen) atoms. The number of hydrogen-bond acceptors (Lipinski definition) is 4. The van der Waals surface area contributed by atoms with E-state index in [1.165, 1.54) is 19.2 Å². The van der Waals surface area contributed by atoms with E-state index in [4.69, 9.17) is 20.3 Å². The maximum absolute atomic E-state index is 13.3. The Morgan fingerprint density at radius 1 is 1.50 bits per heavy atom. The van der Waals surface area contributed by atoms with Gasteiger partial charge in [-0.05, 0) is 17.7 Å². The van der Waals surface area contributed by atoms with Crippen LogP contribution in [0.1, 0.15) is 5.56 Å². The van der Waals surface area contributed by atoms with Crippen molar-refractivity contribution in [2.75, 3.05) is 20.3 Å². The first-order chi connectivity index (χ1) is 7.67. The second-order valence-corrected chi connectivity index (χ2v) is 3.37. The third-order valence-corrected chi connectivity index (χ3v) is 2.07. The van der Waals surface area contributed by atoms with Gasteiger partial charge in [-0.3, -0.25) is 0 Å². The van der Waals surface area contributed by atoms with E-state index in [-0.39, 0.29) is 25.5 Å². The third kappa shape index (κ3) is 3.77. The summed E-state index contributed by atoms with van der Waals surface area (Å²) in [7, 11) is 1.41. The Balaban J connectivity index is 2.46. The number of nitrogens with two attached hydrogens (primary N) is 1. The number of aliphatic hydroxyl groups excluding tert-OH is 1. The largest absolute Gasteiger partial charge is 0.494 e. The van der Waals surface area contributed by atoms with E-state index < -0.39 is 11.9 Å². The predicted molar refractivity (Wildman–Crippen MR) is 57.7 cm³/mol. The number of rotatable bonds is 6. The van der Waals surface area contributed by atoms with E-state index in [2.05, 4.69) is 0 Å². The van der Waals surface area contributed by atoms with Crippen LogP contribution in [0, 0.1) is 5.82 Å². The zero-order valence-electron chi connectivity index (χ0n) is 9.15. The van der Waals surface area contributed by atoms with Gasteiger partial charge in [-0.15, -0.1) is 0 Å². The van der Waals surface area contributed by atoms with Crippen molar-refractivity contribution in [3.05, 3.63) is 29.6 Å². The second kappa shape index (κ2) is 6.42. The molecule has 5 heteroatoms. The van der Waals surface area contributed by atoms with Gasteiger partial charge >= 0.3 is 0 Å². The Kier molecular flexibility index (Phi) is 5.18. The molecule has 0 radical (unpaired) electrons. The van der Waals surface area contributed by atoms with Crippen LogP contribution in [-0.2, 0) is 11.3 Å². The van der Waals surface area contributed by atoms with Crippen LogP contribution in [0.3, 0.4) is 0 Å². The van der Waals surface area contributed by atoms with Crippen molar-refractivity contribution in [2.24, 2.45) is 5.73 Å². The minimum atomic E-state index is -0.678. The van der Waals surface area contributed by atoms with E-state index in [0.717, 1.165) is 0 Å². The highest BCUT2D eigenvalue weighted by atomic mass is 19.1. The fourth-order valence-corrected chi connectivity index (χ4v) is 1.18. The highest BCUT2D eigenvalue weighted by Crippen LogP contribution is 2.17. The smallest absolute Gasteiger partial charge is 0.165 e. The SMILES string of the molecule is COc1ccc(COCC(O)CN)cc1F. The standard InChI is InChI=1S/C11H16FNO3/c1-15-11-3-2-8(4-10(11)12)6-16-7-9(14)5-13/h2-4,9,14H,5-7,13H2,1H3. The molecule has 0 aliphatic heterocycles. The van der Waals surface area contributed by atoms with Crippen molar-refractivity contribution in [2.45, 2.75) is 12.7 Å². The molecule has 0 bridgehead atoms. The fraction of sp³-hybridized carbons (Fsp3) is 0.455. The summed E-state index contributed by atoms with van der Waals surface area (Å²) in [5.74, 6) is -0.228. The lowest BCUT2D eigenvalue weighted by atomic mass is 10.2. The summed E-state index contributed by atoms with van der Waals surface area (Å²) in [4.78, 5) is 0. The van der Waals surface area contributed by atoms with E-state index in [0.29, 0.717) is 5.56 Å². The van der Waals surface area contributed by atoms with Gasteiger partial charge in [0.2, 0.25) is 0 Å². The Labute approximate surface area is 93.8 Å². The normalized spacial score (nSPS) is 12.5. The number of ether oxygens (including phenoxy) is 2. The van der Waals surface area contributed by atoms with Gasteiger partial charge in [0.15, 0.2) is 11.6 Å². The molecule has 1 rings (SSSR count). The summed E-state index contributed by atoms with van der Waals surface area (Å²) in [6.07, 6.45) is -0.678. The van der Waals surface area contributed by atoms with E-state index in [9.17, 15) is 4.39 Å². The molecule has 0 amide bonds. The highest BCUT2D eigenvalue weighted by Gasteiger charge is 2.05. The van der Waals surface area contributed by atoms with Crippen LogP contribution in [0.5, 0.6) is 5.75 Å². The van der Waals surface area contributed by atoms with Gasteiger partial charge in [0.1, 0.15) is 0 Å². The lowest BCUT2D eigenvalue weighted by Crippen LogP contribution is -2.24. The first-order valence-electron chi connectivity index (χ1n) is 4.95. The van der Waals surface area contributed by atoms with Crippen LogP contribution >= 0.6 is 0 Å². The summed E-state index contributed by atoms with van der Waals surface area (Å²) < 4.78 is 23.2. The Morgan fingerprint density at radius 2 is 2.25 bits per heavy atom. The molecule has 3 N–H and O–H groups in total. The Bertz CT molecular complexity index is 333. The van der Waals surface area contributed by atoms with Crippen LogP contribution in [0.2, 0.25) is 0 Å². The van der Waals surface area contributed by atoms with Crippen LogP contribution in [0.15, 0.2) is 18.2 Å². The first kappa shape index (κ1) is 12.9. The van der Waals surface area contributed by atoms with Gasteiger partial charge < -0.3 is 20.3 Å². The first-order valence-corrected chi connectivity index (χ1v) is 4.95. The van der Waals surface area contributed by atoms with Crippen molar-refractivity contribution < 1.29 is 19.0 Å². The topological polar surface area (TPSA) is 64.7 Å². The summed E-state index contributed by atoms with van der Waals surface area (Å²) >= 11 is 0. The molecule has 0 aromatic heterocycles. The molecule has 0 aliphatic rings. The average molecular weight is 229 g/mol. The number of halogens is 1. The molecule has 0 fully saturated rings. The van der Waals surface area contributed by atoms with E-state index in [1.54, 1.807) is 6.07 Å². The maximum Gasteiger partial charge on any atom is 0.165 e. The second-order valence-electron chi connectivity index (χ2n) is 3.37. The third-order valence-electron chi connectivity index (χ3n) is 2.07. The molecule has 1 atom stereocenters. The monoisotopic (exact) mass is 229 g/mol. The number of hydrogen-bond donors (Lipinski definition) is 2. The minimum Gasteiger partial charge on any atom is -0.494 e. The Morgan fingerprint density at radius 3 is 2.81 bits per heavy atom. The summed E-state index contributed by atoms with van der Waals surface area (Å²) in [5.41, 5.74) is 5.89. The van der Waals surface area contributed by atoms with Crippen LogP contribution in [-0.4, -0.2) is 31.5 Å². The van der Waals surface area contributed by atoms with Gasteiger partial charge in [0, 0.05) is 6.54 Å². The Hall–Kier alpha value is -1.17. The molecule has 1 aromatic carbocycles. The molecule has 0 saturated heterocycles. The number of benzene rings is 1. The van der Waals surface area contributed by atoms with Crippen molar-refractivity contribution in [3.8, 4) is 5.75 Å². The van der Waals surface area contributed by atoms with Crippen molar-refractivity contribution in [1.82, 2.24) is 0 Å². The van der Waals surface area contributed by atoms with Gasteiger partial charge in [-0.2, -0.15) is 0 Å². The molecular weight excluding hydrogens is 213 g/mol. The molecule has 1 aromatic rings. The van der Waals surface area contributed by atoms with Crippen molar-refractivity contribution in [1.29, 1.82) is 0 Å². The molecule has 0 spiro atoms. The molecule has 0 saturated carbocycles. The zero-order valence-corrected chi connectivity index (χ0v) is 9.15. The number of aliphatic hydroxyl groups is 1. The summed E-state index contributed by atoms with van der Waals surface area (Å²) in [5, 5.41) is 9.13.